The minimum atomic E-state index is -0.313. The Morgan fingerprint density at radius 3 is 2.81 bits per heavy atom. The third-order valence-electron chi connectivity index (χ3n) is 4.54. The molecule has 0 radical (unpaired) electrons. The Hall–Kier alpha value is -1.84. The van der Waals surface area contributed by atoms with Gasteiger partial charge in [-0.3, -0.25) is 9.59 Å². The summed E-state index contributed by atoms with van der Waals surface area (Å²) in [5, 5.41) is 2.92. The fraction of sp³-hybridized carbons (Fsp3) is 0.529. The van der Waals surface area contributed by atoms with E-state index in [1.807, 2.05) is 12.1 Å². The minimum Gasteiger partial charge on any atom is -0.354 e. The molecule has 1 N–H and O–H groups in total. The number of fused-ring (bicyclic) bond motifs is 1. The molecule has 112 valence electrons. The highest BCUT2D eigenvalue weighted by molar-refractivity contribution is 6.01. The van der Waals surface area contributed by atoms with Crippen molar-refractivity contribution in [3.8, 4) is 0 Å². The molecular weight excluding hydrogens is 264 g/mol. The van der Waals surface area contributed by atoms with Crippen LogP contribution in [0.4, 0.5) is 0 Å². The zero-order valence-electron chi connectivity index (χ0n) is 12.7. The van der Waals surface area contributed by atoms with Gasteiger partial charge in [-0.15, -0.1) is 0 Å². The summed E-state index contributed by atoms with van der Waals surface area (Å²) in [4.78, 5) is 26.6. The van der Waals surface area contributed by atoms with Crippen LogP contribution in [0.25, 0.3) is 0 Å². The van der Waals surface area contributed by atoms with E-state index in [1.54, 1.807) is 4.90 Å². The maximum atomic E-state index is 12.7. The number of nitrogens with zero attached hydrogens (tertiary/aromatic N) is 1. The van der Waals surface area contributed by atoms with Gasteiger partial charge >= 0.3 is 0 Å². The van der Waals surface area contributed by atoms with Crippen LogP contribution in [-0.2, 0) is 11.3 Å². The van der Waals surface area contributed by atoms with Gasteiger partial charge in [0, 0.05) is 18.7 Å². The number of amides is 2. The summed E-state index contributed by atoms with van der Waals surface area (Å²) in [5.41, 5.74) is 3.10. The normalized spacial score (nSPS) is 22.2. The number of rotatable bonds is 2. The summed E-state index contributed by atoms with van der Waals surface area (Å²) in [6.07, 6.45) is 2.75. The molecule has 1 atom stereocenters. The molecule has 1 saturated heterocycles. The number of hydrogen-bond acceptors (Lipinski definition) is 2. The monoisotopic (exact) mass is 286 g/mol. The quantitative estimate of drug-likeness (QED) is 0.907. The van der Waals surface area contributed by atoms with E-state index >= 15 is 0 Å². The van der Waals surface area contributed by atoms with Crippen LogP contribution in [0.15, 0.2) is 18.2 Å². The van der Waals surface area contributed by atoms with Gasteiger partial charge < -0.3 is 10.2 Å². The van der Waals surface area contributed by atoms with Crippen LogP contribution >= 0.6 is 0 Å². The lowest BCUT2D eigenvalue weighted by molar-refractivity contribution is -0.125. The highest BCUT2D eigenvalue weighted by Crippen LogP contribution is 2.32. The summed E-state index contributed by atoms with van der Waals surface area (Å²) in [6.45, 7) is 5.57. The van der Waals surface area contributed by atoms with Crippen molar-refractivity contribution in [3.05, 3.63) is 34.9 Å². The van der Waals surface area contributed by atoms with E-state index in [1.165, 1.54) is 5.56 Å². The molecule has 0 bridgehead atoms. The molecule has 2 aliphatic rings. The van der Waals surface area contributed by atoms with Gasteiger partial charge in [-0.05, 0) is 42.4 Å². The van der Waals surface area contributed by atoms with Crippen molar-refractivity contribution in [1.29, 1.82) is 0 Å². The Morgan fingerprint density at radius 2 is 2.05 bits per heavy atom. The van der Waals surface area contributed by atoms with Crippen molar-refractivity contribution in [3.63, 3.8) is 0 Å². The molecule has 2 amide bonds. The average molecular weight is 286 g/mol. The van der Waals surface area contributed by atoms with Gasteiger partial charge in [0.05, 0.1) is 0 Å². The minimum absolute atomic E-state index is 0.000229. The smallest absolute Gasteiger partial charge is 0.255 e. The van der Waals surface area contributed by atoms with E-state index in [0.29, 0.717) is 12.5 Å². The Bertz CT molecular complexity index is 580. The van der Waals surface area contributed by atoms with Crippen LogP contribution in [-0.4, -0.2) is 29.3 Å². The highest BCUT2D eigenvalue weighted by Gasteiger charge is 2.37. The van der Waals surface area contributed by atoms with Gasteiger partial charge in [-0.25, -0.2) is 0 Å². The van der Waals surface area contributed by atoms with Crippen molar-refractivity contribution in [1.82, 2.24) is 10.2 Å². The first-order chi connectivity index (χ1) is 10.1. The first-order valence-corrected chi connectivity index (χ1v) is 7.80. The van der Waals surface area contributed by atoms with Gasteiger partial charge in [-0.2, -0.15) is 0 Å². The highest BCUT2D eigenvalue weighted by atomic mass is 16.2. The van der Waals surface area contributed by atoms with E-state index in [4.69, 9.17) is 0 Å². The Labute approximate surface area is 125 Å². The van der Waals surface area contributed by atoms with Crippen molar-refractivity contribution in [2.45, 2.75) is 51.6 Å². The fourth-order valence-electron chi connectivity index (χ4n) is 3.39. The van der Waals surface area contributed by atoms with Crippen molar-refractivity contribution in [2.24, 2.45) is 0 Å². The van der Waals surface area contributed by atoms with Gasteiger partial charge in [0.25, 0.3) is 5.91 Å². The number of benzene rings is 1. The lowest BCUT2D eigenvalue weighted by Crippen LogP contribution is -2.45. The van der Waals surface area contributed by atoms with Crippen molar-refractivity contribution < 1.29 is 9.59 Å². The topological polar surface area (TPSA) is 49.4 Å². The van der Waals surface area contributed by atoms with Crippen LogP contribution < -0.4 is 5.32 Å². The number of carbonyl (C=O) groups excluding carboxylic acids is 2. The van der Waals surface area contributed by atoms with Crippen LogP contribution in [0.3, 0.4) is 0 Å². The first kappa shape index (κ1) is 14.1. The third-order valence-corrected chi connectivity index (χ3v) is 4.54. The van der Waals surface area contributed by atoms with E-state index in [2.05, 4.69) is 25.2 Å². The fourth-order valence-corrected chi connectivity index (χ4v) is 3.39. The largest absolute Gasteiger partial charge is 0.354 e. The number of nitrogens with one attached hydrogen (secondary N) is 1. The zero-order valence-corrected chi connectivity index (χ0v) is 12.7. The molecule has 0 aliphatic carbocycles. The van der Waals surface area contributed by atoms with E-state index < -0.39 is 0 Å². The van der Waals surface area contributed by atoms with Gasteiger partial charge in [0.2, 0.25) is 5.91 Å². The first-order valence-electron chi connectivity index (χ1n) is 7.80. The molecule has 1 unspecified atom stereocenters. The van der Waals surface area contributed by atoms with Gasteiger partial charge in [0.1, 0.15) is 6.04 Å². The van der Waals surface area contributed by atoms with Crippen molar-refractivity contribution in [2.75, 3.05) is 6.54 Å². The summed E-state index contributed by atoms with van der Waals surface area (Å²) < 4.78 is 0. The van der Waals surface area contributed by atoms with E-state index in [0.717, 1.165) is 36.9 Å². The van der Waals surface area contributed by atoms with Crippen LogP contribution in [0.2, 0.25) is 0 Å². The predicted octanol–water partition coefficient (Wildman–Crippen LogP) is 2.43. The molecule has 0 aromatic heterocycles. The summed E-state index contributed by atoms with van der Waals surface area (Å²) in [6, 6.07) is 5.61. The maximum absolute atomic E-state index is 12.7. The standard InChI is InChI=1S/C17H22N2O2/c1-11(2)12-6-5-7-13-14(12)10-19(17(13)21)15-8-3-4-9-18-16(15)20/h5-7,11,15H,3-4,8-10H2,1-2H3,(H,18,20). The molecule has 2 aliphatic heterocycles. The molecule has 21 heavy (non-hydrogen) atoms. The molecule has 1 aromatic rings. The van der Waals surface area contributed by atoms with Gasteiger partial charge in [-0.1, -0.05) is 26.0 Å². The van der Waals surface area contributed by atoms with Crippen LogP contribution in [0, 0.1) is 0 Å². The molecule has 0 saturated carbocycles. The predicted molar refractivity (Wildman–Crippen MR) is 81.1 cm³/mol. The second-order valence-corrected chi connectivity index (χ2v) is 6.26. The SMILES string of the molecule is CC(C)c1cccc2c1CN(C1CCCCNC1=O)C2=O. The number of hydrogen-bond donors (Lipinski definition) is 1. The maximum Gasteiger partial charge on any atom is 0.255 e. The Morgan fingerprint density at radius 1 is 1.24 bits per heavy atom. The summed E-state index contributed by atoms with van der Waals surface area (Å²) >= 11 is 0. The lowest BCUT2D eigenvalue weighted by Gasteiger charge is -2.25. The number of carbonyl (C=O) groups is 2. The van der Waals surface area contributed by atoms with Gasteiger partial charge in [0.15, 0.2) is 0 Å². The Balaban J connectivity index is 1.92. The molecular formula is C17H22N2O2. The molecule has 2 heterocycles. The summed E-state index contributed by atoms with van der Waals surface area (Å²) in [5.74, 6) is 0.393. The Kier molecular flexibility index (Phi) is 3.70. The third kappa shape index (κ3) is 2.43. The molecule has 1 fully saturated rings. The van der Waals surface area contributed by atoms with Crippen molar-refractivity contribution >= 4 is 11.8 Å². The second-order valence-electron chi connectivity index (χ2n) is 6.26. The summed E-state index contributed by atoms with van der Waals surface area (Å²) in [7, 11) is 0. The molecule has 0 spiro atoms. The molecule has 4 heteroatoms. The molecule has 4 nitrogen and oxygen atoms in total. The lowest BCUT2D eigenvalue weighted by atomic mass is 9.95. The van der Waals surface area contributed by atoms with Crippen LogP contribution in [0.1, 0.15) is 60.5 Å². The van der Waals surface area contributed by atoms with E-state index in [-0.39, 0.29) is 17.9 Å². The van der Waals surface area contributed by atoms with E-state index in [9.17, 15) is 9.59 Å². The second kappa shape index (κ2) is 5.51. The zero-order chi connectivity index (χ0) is 15.0. The molecule has 3 rings (SSSR count). The average Bonchev–Trinajstić information content (AvgIpc) is 2.65. The molecule has 1 aromatic carbocycles. The van der Waals surface area contributed by atoms with Crippen LogP contribution in [0.5, 0.6) is 0 Å².